The van der Waals surface area contributed by atoms with Gasteiger partial charge in [0.15, 0.2) is 0 Å². The summed E-state index contributed by atoms with van der Waals surface area (Å²) in [6.45, 7) is -0.539. The third-order valence-corrected chi connectivity index (χ3v) is 0.839. The van der Waals surface area contributed by atoms with Crippen LogP contribution in [0.15, 0.2) is 0 Å². The molecule has 0 heterocycles. The first-order valence-electron chi connectivity index (χ1n) is 3.07. The molecule has 0 aliphatic heterocycles. The van der Waals surface area contributed by atoms with Gasteiger partial charge in [-0.2, -0.15) is 0 Å². The Morgan fingerprint density at radius 1 is 1.46 bits per heavy atom. The van der Waals surface area contributed by atoms with E-state index < -0.39 is 17.9 Å². The van der Waals surface area contributed by atoms with E-state index in [0.717, 1.165) is 0 Å². The number of carbonyl (C=O) groups is 2. The standard InChI is InChI=1S/C5H10N4O3.BrH/c6-1-3(10)9-2-4(11)12-5(7)8;/h1-2,6H2,(H3,7,8)(H,9,10);1H. The van der Waals surface area contributed by atoms with E-state index in [4.69, 9.17) is 16.9 Å². The topological polar surface area (TPSA) is 131 Å². The van der Waals surface area contributed by atoms with Crippen LogP contribution in [0.3, 0.4) is 0 Å². The first kappa shape index (κ1) is 14.4. The number of rotatable bonds is 3. The minimum Gasteiger partial charge on any atom is -0.392 e. The lowest BCUT2D eigenvalue weighted by Crippen LogP contribution is -2.36. The number of amides is 1. The fourth-order valence-corrected chi connectivity index (χ4v) is 0.402. The van der Waals surface area contributed by atoms with Crippen LogP contribution in [0.4, 0.5) is 0 Å². The van der Waals surface area contributed by atoms with Gasteiger partial charge in [-0.3, -0.25) is 10.2 Å². The summed E-state index contributed by atoms with van der Waals surface area (Å²) in [6.07, 6.45) is 0. The van der Waals surface area contributed by atoms with E-state index in [1.807, 2.05) is 0 Å². The van der Waals surface area contributed by atoms with E-state index in [9.17, 15) is 9.59 Å². The average Bonchev–Trinajstić information content (AvgIpc) is 1.99. The zero-order valence-corrected chi connectivity index (χ0v) is 8.41. The third kappa shape index (κ3) is 8.76. The summed E-state index contributed by atoms with van der Waals surface area (Å²) in [5.41, 5.74) is 9.66. The highest BCUT2D eigenvalue weighted by molar-refractivity contribution is 8.93. The Labute approximate surface area is 85.1 Å². The quantitative estimate of drug-likeness (QED) is 0.265. The first-order chi connectivity index (χ1) is 5.56. The van der Waals surface area contributed by atoms with E-state index >= 15 is 0 Å². The molecule has 76 valence electrons. The molecule has 0 unspecified atom stereocenters. The van der Waals surface area contributed by atoms with Crippen LogP contribution in [0.2, 0.25) is 0 Å². The number of hydrogen-bond acceptors (Lipinski definition) is 5. The predicted octanol–water partition coefficient (Wildman–Crippen LogP) is -1.92. The number of carbonyl (C=O) groups excluding carboxylic acids is 2. The fraction of sp³-hybridized carbons (Fsp3) is 0.400. The van der Waals surface area contributed by atoms with Crippen molar-refractivity contribution in [2.75, 3.05) is 13.1 Å². The smallest absolute Gasteiger partial charge is 0.333 e. The molecule has 7 nitrogen and oxygen atoms in total. The Morgan fingerprint density at radius 2 is 2.00 bits per heavy atom. The molecule has 6 N–H and O–H groups in total. The lowest BCUT2D eigenvalue weighted by molar-refractivity contribution is -0.136. The number of amidine groups is 1. The van der Waals surface area contributed by atoms with Gasteiger partial charge < -0.3 is 21.5 Å². The maximum Gasteiger partial charge on any atom is 0.333 e. The number of esters is 1. The summed E-state index contributed by atoms with van der Waals surface area (Å²) in [7, 11) is 0. The molecule has 0 aromatic heterocycles. The highest BCUT2D eigenvalue weighted by Crippen LogP contribution is 1.73. The van der Waals surface area contributed by atoms with Gasteiger partial charge in [0.2, 0.25) is 5.91 Å². The van der Waals surface area contributed by atoms with Crippen LogP contribution < -0.4 is 16.8 Å². The Morgan fingerprint density at radius 3 is 2.38 bits per heavy atom. The van der Waals surface area contributed by atoms with Gasteiger partial charge in [-0.15, -0.1) is 17.0 Å². The number of nitrogens with two attached hydrogens (primary N) is 2. The Bertz CT molecular complexity index is 208. The zero-order chi connectivity index (χ0) is 9.56. The second-order valence-electron chi connectivity index (χ2n) is 1.82. The molecule has 0 bridgehead atoms. The minimum atomic E-state index is -0.802. The van der Waals surface area contributed by atoms with E-state index in [1.165, 1.54) is 0 Å². The van der Waals surface area contributed by atoms with E-state index in [-0.39, 0.29) is 30.1 Å². The van der Waals surface area contributed by atoms with Gasteiger partial charge in [0, 0.05) is 0 Å². The molecule has 0 atom stereocenters. The van der Waals surface area contributed by atoms with E-state index in [1.54, 1.807) is 0 Å². The second-order valence-corrected chi connectivity index (χ2v) is 1.82. The van der Waals surface area contributed by atoms with E-state index in [0.29, 0.717) is 0 Å². The molecular weight excluding hydrogens is 244 g/mol. The van der Waals surface area contributed by atoms with Crippen molar-refractivity contribution < 1.29 is 14.3 Å². The molecule has 13 heavy (non-hydrogen) atoms. The molecule has 0 aliphatic rings. The molecule has 0 aliphatic carbocycles. The lowest BCUT2D eigenvalue weighted by atomic mass is 10.5. The van der Waals surface area contributed by atoms with Crippen LogP contribution in [0.1, 0.15) is 0 Å². The number of halogens is 1. The molecule has 0 radical (unpaired) electrons. The summed E-state index contributed by atoms with van der Waals surface area (Å²) in [5, 5.41) is 8.70. The van der Waals surface area contributed by atoms with Crippen molar-refractivity contribution in [1.82, 2.24) is 5.32 Å². The van der Waals surface area contributed by atoms with Gasteiger partial charge in [0.1, 0.15) is 6.54 Å². The largest absolute Gasteiger partial charge is 0.392 e. The summed E-state index contributed by atoms with van der Waals surface area (Å²) in [6, 6.07) is -0.706. The molecule has 0 fully saturated rings. The number of ether oxygens (including phenoxy) is 1. The zero-order valence-electron chi connectivity index (χ0n) is 6.70. The van der Waals surface area contributed by atoms with Crippen LogP contribution in [-0.4, -0.2) is 31.0 Å². The monoisotopic (exact) mass is 254 g/mol. The number of hydrogen-bond donors (Lipinski definition) is 4. The van der Waals surface area contributed by atoms with Crippen LogP contribution in [0.5, 0.6) is 0 Å². The fourth-order valence-electron chi connectivity index (χ4n) is 0.402. The molecule has 0 aromatic rings. The molecule has 0 saturated heterocycles. The van der Waals surface area contributed by atoms with Crippen LogP contribution in [-0.2, 0) is 14.3 Å². The maximum absolute atomic E-state index is 10.6. The molecule has 0 rings (SSSR count). The molecule has 0 saturated carbocycles. The van der Waals surface area contributed by atoms with Crippen molar-refractivity contribution in [3.8, 4) is 0 Å². The van der Waals surface area contributed by atoms with Crippen LogP contribution in [0, 0.1) is 5.41 Å². The highest BCUT2D eigenvalue weighted by Gasteiger charge is 2.05. The maximum atomic E-state index is 10.6. The van der Waals surface area contributed by atoms with Gasteiger partial charge in [0.05, 0.1) is 6.54 Å². The predicted molar refractivity (Wildman–Crippen MR) is 50.4 cm³/mol. The van der Waals surface area contributed by atoms with Gasteiger partial charge in [-0.1, -0.05) is 0 Å². The summed E-state index contributed by atoms with van der Waals surface area (Å²) in [5.74, 6) is -1.28. The van der Waals surface area contributed by atoms with Crippen LogP contribution in [0.25, 0.3) is 0 Å². The average molecular weight is 255 g/mol. The molecule has 0 spiro atoms. The summed E-state index contributed by atoms with van der Waals surface area (Å²) in [4.78, 5) is 21.0. The Balaban J connectivity index is 0. The van der Waals surface area contributed by atoms with Crippen molar-refractivity contribution in [2.24, 2.45) is 11.5 Å². The SMILES string of the molecule is Br.N=C(N)OC(=O)CNC(=O)CN. The molecular formula is C5H11BrN4O3. The lowest BCUT2D eigenvalue weighted by Gasteiger charge is -2.02. The second kappa shape index (κ2) is 7.50. The van der Waals surface area contributed by atoms with Crippen molar-refractivity contribution in [2.45, 2.75) is 0 Å². The Kier molecular flexibility index (Phi) is 8.29. The van der Waals surface area contributed by atoms with Gasteiger partial charge in [-0.25, -0.2) is 4.79 Å². The summed E-state index contributed by atoms with van der Waals surface area (Å²) < 4.78 is 4.11. The van der Waals surface area contributed by atoms with Crippen molar-refractivity contribution >= 4 is 34.9 Å². The molecule has 0 aromatic carbocycles. The third-order valence-electron chi connectivity index (χ3n) is 0.839. The normalized spacial score (nSPS) is 8.08. The van der Waals surface area contributed by atoms with Crippen molar-refractivity contribution in [1.29, 1.82) is 5.41 Å². The van der Waals surface area contributed by atoms with Crippen molar-refractivity contribution in [3.05, 3.63) is 0 Å². The summed E-state index contributed by atoms with van der Waals surface area (Å²) >= 11 is 0. The Hall–Kier alpha value is -1.15. The van der Waals surface area contributed by atoms with Crippen molar-refractivity contribution in [3.63, 3.8) is 0 Å². The van der Waals surface area contributed by atoms with Crippen LogP contribution >= 0.6 is 17.0 Å². The molecule has 8 heteroatoms. The van der Waals surface area contributed by atoms with E-state index in [2.05, 4.69) is 10.1 Å². The first-order valence-corrected chi connectivity index (χ1v) is 3.07. The highest BCUT2D eigenvalue weighted by atomic mass is 79.9. The number of nitrogens with one attached hydrogen (secondary N) is 2. The van der Waals surface area contributed by atoms with Gasteiger partial charge in [-0.05, 0) is 0 Å². The minimum absolute atomic E-state index is 0. The van der Waals surface area contributed by atoms with Gasteiger partial charge >= 0.3 is 5.97 Å². The van der Waals surface area contributed by atoms with Gasteiger partial charge in [0.25, 0.3) is 6.02 Å². The molecule has 1 amide bonds.